The van der Waals surface area contributed by atoms with E-state index < -0.39 is 6.04 Å². The van der Waals surface area contributed by atoms with Crippen molar-refractivity contribution in [2.45, 2.75) is 6.04 Å². The molecule has 0 aliphatic rings. The minimum absolute atomic E-state index is 0.135. The summed E-state index contributed by atoms with van der Waals surface area (Å²) in [4.78, 5) is 15.2. The van der Waals surface area contributed by atoms with Gasteiger partial charge in [0.1, 0.15) is 12.3 Å². The summed E-state index contributed by atoms with van der Waals surface area (Å²) in [5.41, 5.74) is 5.59. The fourth-order valence-corrected chi connectivity index (χ4v) is 0.896. The smallest absolute Gasteiger partial charge is 0.273 e. The van der Waals surface area contributed by atoms with E-state index in [0.29, 0.717) is 6.54 Å². The van der Waals surface area contributed by atoms with Crippen molar-refractivity contribution < 1.29 is 14.3 Å². The van der Waals surface area contributed by atoms with E-state index in [9.17, 15) is 4.79 Å². The average Bonchev–Trinajstić information content (AvgIpc) is 2.74. The minimum atomic E-state index is -0.703. The number of aliphatic hydroxyl groups is 1. The Bertz CT molecular complexity index is 348. The Morgan fingerprint density at radius 1 is 1.87 bits per heavy atom. The van der Waals surface area contributed by atoms with Crippen LogP contribution in [0.4, 0.5) is 0 Å². The summed E-state index contributed by atoms with van der Waals surface area (Å²) in [6.07, 6.45) is 2.75. The van der Waals surface area contributed by atoms with E-state index in [1.165, 1.54) is 6.26 Å². The zero-order valence-corrected chi connectivity index (χ0v) is 8.14. The molecule has 0 saturated heterocycles. The van der Waals surface area contributed by atoms with Crippen LogP contribution in [0.1, 0.15) is 22.4 Å². The summed E-state index contributed by atoms with van der Waals surface area (Å²) < 4.78 is 4.94. The van der Waals surface area contributed by atoms with Crippen molar-refractivity contribution in [3.05, 3.63) is 30.5 Å². The number of nitrogens with one attached hydrogen (secondary N) is 1. The third kappa shape index (κ3) is 2.90. The number of nitrogens with zero attached hydrogens (tertiary/aromatic N) is 1. The molecule has 0 aliphatic carbocycles. The van der Waals surface area contributed by atoms with E-state index in [0.717, 1.165) is 0 Å². The fourth-order valence-electron chi connectivity index (χ4n) is 0.896. The molecule has 6 heteroatoms. The van der Waals surface area contributed by atoms with Crippen LogP contribution in [0.15, 0.2) is 23.3 Å². The molecule has 0 radical (unpaired) electrons. The first-order valence-electron chi connectivity index (χ1n) is 4.40. The Balaban J connectivity index is 2.66. The van der Waals surface area contributed by atoms with Crippen molar-refractivity contribution in [1.29, 1.82) is 0 Å². The Hall–Kier alpha value is -1.66. The number of carbonyl (C=O) groups is 1. The largest absolute Gasteiger partial charge is 0.446 e. The molecular weight excluding hydrogens is 198 g/mol. The van der Waals surface area contributed by atoms with Gasteiger partial charge in [-0.1, -0.05) is 6.08 Å². The Kier molecular flexibility index (Phi) is 4.02. The number of rotatable bonds is 5. The van der Waals surface area contributed by atoms with E-state index in [4.69, 9.17) is 15.3 Å². The van der Waals surface area contributed by atoms with Gasteiger partial charge in [0.2, 0.25) is 5.89 Å². The standard InChI is InChI=1S/C9H13N3O3/c1-2-3-11-8(14)7-5-15-9(12-7)6(10)4-13/h2,5-6,13H,1,3-4,10H2,(H,11,14). The van der Waals surface area contributed by atoms with Crippen LogP contribution >= 0.6 is 0 Å². The van der Waals surface area contributed by atoms with Gasteiger partial charge in [-0.15, -0.1) is 6.58 Å². The Morgan fingerprint density at radius 3 is 3.20 bits per heavy atom. The zero-order valence-electron chi connectivity index (χ0n) is 8.14. The molecule has 0 aromatic carbocycles. The SMILES string of the molecule is C=CCNC(=O)c1coc(C(N)CO)n1. The van der Waals surface area contributed by atoms with E-state index in [2.05, 4.69) is 16.9 Å². The lowest BCUT2D eigenvalue weighted by atomic mass is 10.3. The van der Waals surface area contributed by atoms with Gasteiger partial charge in [-0.05, 0) is 0 Å². The summed E-state index contributed by atoms with van der Waals surface area (Å²) in [5.74, 6) is -0.226. The van der Waals surface area contributed by atoms with Gasteiger partial charge in [0.25, 0.3) is 5.91 Å². The van der Waals surface area contributed by atoms with Crippen LogP contribution in [0.2, 0.25) is 0 Å². The molecule has 15 heavy (non-hydrogen) atoms. The van der Waals surface area contributed by atoms with Crippen LogP contribution in [0.3, 0.4) is 0 Å². The molecule has 0 fully saturated rings. The van der Waals surface area contributed by atoms with Crippen LogP contribution in [0.5, 0.6) is 0 Å². The Morgan fingerprint density at radius 2 is 2.60 bits per heavy atom. The van der Waals surface area contributed by atoms with E-state index in [-0.39, 0.29) is 24.1 Å². The highest BCUT2D eigenvalue weighted by molar-refractivity contribution is 5.91. The second-order valence-electron chi connectivity index (χ2n) is 2.86. The lowest BCUT2D eigenvalue weighted by Gasteiger charge is -2.00. The van der Waals surface area contributed by atoms with Crippen molar-refractivity contribution in [2.24, 2.45) is 5.73 Å². The molecular formula is C9H13N3O3. The summed E-state index contributed by atoms with van der Waals surface area (Å²) in [6.45, 7) is 3.53. The second-order valence-corrected chi connectivity index (χ2v) is 2.86. The highest BCUT2D eigenvalue weighted by Crippen LogP contribution is 2.08. The zero-order chi connectivity index (χ0) is 11.3. The van der Waals surface area contributed by atoms with Crippen LogP contribution in [-0.4, -0.2) is 29.1 Å². The lowest BCUT2D eigenvalue weighted by molar-refractivity contribution is 0.0953. The van der Waals surface area contributed by atoms with Crippen molar-refractivity contribution in [2.75, 3.05) is 13.2 Å². The topological polar surface area (TPSA) is 101 Å². The summed E-state index contributed by atoms with van der Waals surface area (Å²) in [5, 5.41) is 11.3. The van der Waals surface area contributed by atoms with Crippen LogP contribution in [-0.2, 0) is 0 Å². The van der Waals surface area contributed by atoms with Gasteiger partial charge in [-0.3, -0.25) is 4.79 Å². The first kappa shape index (κ1) is 11.4. The van der Waals surface area contributed by atoms with Crippen molar-refractivity contribution in [3.8, 4) is 0 Å². The van der Waals surface area contributed by atoms with Gasteiger partial charge in [0.15, 0.2) is 5.69 Å². The normalized spacial score (nSPS) is 12.1. The molecule has 6 nitrogen and oxygen atoms in total. The van der Waals surface area contributed by atoms with Gasteiger partial charge in [-0.2, -0.15) is 0 Å². The molecule has 1 amide bonds. The highest BCUT2D eigenvalue weighted by atomic mass is 16.3. The molecule has 0 saturated carbocycles. The van der Waals surface area contributed by atoms with Gasteiger partial charge >= 0.3 is 0 Å². The maximum absolute atomic E-state index is 11.3. The first-order chi connectivity index (χ1) is 7.19. The number of aliphatic hydroxyl groups excluding tert-OH is 1. The maximum Gasteiger partial charge on any atom is 0.273 e. The third-order valence-corrected chi connectivity index (χ3v) is 1.68. The predicted octanol–water partition coefficient (Wildman–Crippen LogP) is -0.418. The number of hydrogen-bond acceptors (Lipinski definition) is 5. The van der Waals surface area contributed by atoms with E-state index >= 15 is 0 Å². The molecule has 1 rings (SSSR count). The molecule has 0 spiro atoms. The second kappa shape index (κ2) is 5.28. The molecule has 1 aromatic heterocycles. The summed E-state index contributed by atoms with van der Waals surface area (Å²) >= 11 is 0. The predicted molar refractivity (Wildman–Crippen MR) is 53.0 cm³/mol. The van der Waals surface area contributed by atoms with Gasteiger partial charge in [-0.25, -0.2) is 4.98 Å². The molecule has 82 valence electrons. The first-order valence-corrected chi connectivity index (χ1v) is 4.40. The molecule has 0 bridgehead atoms. The van der Waals surface area contributed by atoms with E-state index in [1.54, 1.807) is 6.08 Å². The monoisotopic (exact) mass is 211 g/mol. The number of carbonyl (C=O) groups excluding carboxylic acids is 1. The van der Waals surface area contributed by atoms with Crippen molar-refractivity contribution in [1.82, 2.24) is 10.3 Å². The van der Waals surface area contributed by atoms with Crippen LogP contribution in [0.25, 0.3) is 0 Å². The minimum Gasteiger partial charge on any atom is -0.446 e. The highest BCUT2D eigenvalue weighted by Gasteiger charge is 2.15. The van der Waals surface area contributed by atoms with Crippen LogP contribution < -0.4 is 11.1 Å². The number of nitrogens with two attached hydrogens (primary N) is 1. The molecule has 1 atom stereocenters. The van der Waals surface area contributed by atoms with Gasteiger partial charge in [0, 0.05) is 6.54 Å². The molecule has 4 N–H and O–H groups in total. The third-order valence-electron chi connectivity index (χ3n) is 1.68. The molecule has 1 heterocycles. The van der Waals surface area contributed by atoms with Crippen molar-refractivity contribution >= 4 is 5.91 Å². The molecule has 1 unspecified atom stereocenters. The number of amides is 1. The Labute approximate surface area is 86.8 Å². The maximum atomic E-state index is 11.3. The quantitative estimate of drug-likeness (QED) is 0.574. The molecule has 1 aromatic rings. The van der Waals surface area contributed by atoms with Gasteiger partial charge in [0.05, 0.1) is 6.61 Å². The lowest BCUT2D eigenvalue weighted by Crippen LogP contribution is -2.24. The number of oxazole rings is 1. The number of hydrogen-bond donors (Lipinski definition) is 3. The van der Waals surface area contributed by atoms with E-state index in [1.807, 2.05) is 0 Å². The van der Waals surface area contributed by atoms with Crippen LogP contribution in [0, 0.1) is 0 Å². The molecule has 0 aliphatic heterocycles. The summed E-state index contributed by atoms with van der Waals surface area (Å²) in [6, 6.07) is -0.703. The van der Waals surface area contributed by atoms with Gasteiger partial charge < -0.3 is 20.6 Å². The fraction of sp³-hybridized carbons (Fsp3) is 0.333. The average molecular weight is 211 g/mol. The van der Waals surface area contributed by atoms with Crippen molar-refractivity contribution in [3.63, 3.8) is 0 Å². The summed E-state index contributed by atoms with van der Waals surface area (Å²) in [7, 11) is 0. The number of aromatic nitrogens is 1.